The van der Waals surface area contributed by atoms with Crippen molar-refractivity contribution in [2.24, 2.45) is 29.1 Å². The predicted molar refractivity (Wildman–Crippen MR) is 104 cm³/mol. The molecule has 4 bridgehead atoms. The van der Waals surface area contributed by atoms with Gasteiger partial charge < -0.3 is 0 Å². The van der Waals surface area contributed by atoms with Gasteiger partial charge in [-0.1, -0.05) is 64.7 Å². The van der Waals surface area contributed by atoms with Crippen LogP contribution in [0.25, 0.3) is 0 Å². The first-order chi connectivity index (χ1) is 11.8. The standard InChI is InChI=1S/C24H41/c1-19(23-11-9-7-5-3-2-4-6-8-10-12-23)24-16-20-13-21(17-24)15-22(14-20)18-24/h20-23H,2-18H2,1H3. The minimum Gasteiger partial charge on any atom is -0.0583 e. The molecular formula is C24H41. The molecule has 5 aliphatic rings. The second-order valence-electron chi connectivity index (χ2n) is 10.3. The molecule has 5 fully saturated rings. The molecule has 0 spiro atoms. The highest BCUT2D eigenvalue weighted by molar-refractivity contribution is 5.15. The second-order valence-corrected chi connectivity index (χ2v) is 10.3. The van der Waals surface area contributed by atoms with Gasteiger partial charge in [0.25, 0.3) is 0 Å². The Labute approximate surface area is 151 Å². The fourth-order valence-corrected chi connectivity index (χ4v) is 7.62. The highest BCUT2D eigenvalue weighted by atomic mass is 14.6. The van der Waals surface area contributed by atoms with Crippen LogP contribution in [0, 0.1) is 35.0 Å². The van der Waals surface area contributed by atoms with E-state index in [1.54, 1.807) is 38.5 Å². The van der Waals surface area contributed by atoms with E-state index >= 15 is 0 Å². The molecule has 0 aromatic heterocycles. The molecule has 0 unspecified atom stereocenters. The molecule has 0 aromatic carbocycles. The summed E-state index contributed by atoms with van der Waals surface area (Å²) in [5.74, 6) is 6.30. The molecule has 0 N–H and O–H groups in total. The van der Waals surface area contributed by atoms with Crippen molar-refractivity contribution in [1.29, 1.82) is 0 Å². The van der Waals surface area contributed by atoms with Crippen molar-refractivity contribution in [3.05, 3.63) is 5.92 Å². The average molecular weight is 330 g/mol. The third-order valence-corrected chi connectivity index (χ3v) is 8.59. The highest BCUT2D eigenvalue weighted by Crippen LogP contribution is 2.64. The van der Waals surface area contributed by atoms with Crippen LogP contribution >= 0.6 is 0 Å². The van der Waals surface area contributed by atoms with Crippen LogP contribution < -0.4 is 0 Å². The Hall–Kier alpha value is 0. The lowest BCUT2D eigenvalue weighted by atomic mass is 9.45. The van der Waals surface area contributed by atoms with Crippen molar-refractivity contribution in [3.63, 3.8) is 0 Å². The van der Waals surface area contributed by atoms with Crippen molar-refractivity contribution in [1.82, 2.24) is 0 Å². The Morgan fingerprint density at radius 1 is 0.583 bits per heavy atom. The maximum absolute atomic E-state index is 2.63. The topological polar surface area (TPSA) is 0 Å². The number of rotatable bonds is 2. The summed E-state index contributed by atoms with van der Waals surface area (Å²) < 4.78 is 0. The molecule has 5 aliphatic carbocycles. The van der Waals surface area contributed by atoms with E-state index in [0.29, 0.717) is 5.41 Å². The smallest absolute Gasteiger partial charge is 0.0179 e. The summed E-state index contributed by atoms with van der Waals surface area (Å²) in [7, 11) is 0. The van der Waals surface area contributed by atoms with E-state index in [1.165, 1.54) is 70.6 Å². The normalized spacial score (nSPS) is 42.0. The maximum atomic E-state index is 2.63. The Morgan fingerprint density at radius 3 is 1.38 bits per heavy atom. The van der Waals surface area contributed by atoms with Crippen LogP contribution in [0.1, 0.15) is 116 Å². The zero-order valence-corrected chi connectivity index (χ0v) is 16.3. The van der Waals surface area contributed by atoms with Crippen molar-refractivity contribution >= 4 is 0 Å². The molecule has 0 amide bonds. The molecule has 5 saturated carbocycles. The molecule has 24 heavy (non-hydrogen) atoms. The van der Waals surface area contributed by atoms with E-state index in [2.05, 4.69) is 6.92 Å². The molecule has 0 nitrogen and oxygen atoms in total. The number of hydrogen-bond acceptors (Lipinski definition) is 0. The predicted octanol–water partition coefficient (Wildman–Crippen LogP) is 7.72. The van der Waals surface area contributed by atoms with Gasteiger partial charge in [0.1, 0.15) is 0 Å². The van der Waals surface area contributed by atoms with Crippen LogP contribution in [-0.4, -0.2) is 0 Å². The van der Waals surface area contributed by atoms with Crippen molar-refractivity contribution in [3.8, 4) is 0 Å². The summed E-state index contributed by atoms with van der Waals surface area (Å²) >= 11 is 0. The molecule has 0 aliphatic heterocycles. The van der Waals surface area contributed by atoms with Crippen LogP contribution in [0.15, 0.2) is 0 Å². The third kappa shape index (κ3) is 3.73. The van der Waals surface area contributed by atoms with Crippen LogP contribution in [0.3, 0.4) is 0 Å². The lowest BCUT2D eigenvalue weighted by molar-refractivity contribution is -0.0512. The highest BCUT2D eigenvalue weighted by Gasteiger charge is 2.54. The molecular weight excluding hydrogens is 288 g/mol. The quantitative estimate of drug-likeness (QED) is 0.486. The van der Waals surface area contributed by atoms with Gasteiger partial charge in [-0.05, 0) is 86.4 Å². The van der Waals surface area contributed by atoms with Crippen molar-refractivity contribution < 1.29 is 0 Å². The van der Waals surface area contributed by atoms with E-state index < -0.39 is 0 Å². The summed E-state index contributed by atoms with van der Waals surface area (Å²) in [5.41, 5.74) is 0.705. The molecule has 5 rings (SSSR count). The summed E-state index contributed by atoms with van der Waals surface area (Å²) in [6.45, 7) is 2.63. The Bertz CT molecular complexity index is 348. The first kappa shape index (κ1) is 17.4. The fraction of sp³-hybridized carbons (Fsp3) is 0.958. The Morgan fingerprint density at radius 2 is 0.958 bits per heavy atom. The molecule has 0 heterocycles. The van der Waals surface area contributed by atoms with Gasteiger partial charge in [0.15, 0.2) is 0 Å². The summed E-state index contributed by atoms with van der Waals surface area (Å²) in [4.78, 5) is 0. The van der Waals surface area contributed by atoms with Gasteiger partial charge in [-0.15, -0.1) is 0 Å². The minimum absolute atomic E-state index is 0.705. The zero-order chi connectivity index (χ0) is 16.4. The van der Waals surface area contributed by atoms with Gasteiger partial charge in [-0.2, -0.15) is 0 Å². The van der Waals surface area contributed by atoms with Crippen molar-refractivity contribution in [2.75, 3.05) is 0 Å². The lowest BCUT2D eigenvalue weighted by Gasteiger charge is -2.60. The average Bonchev–Trinajstić information content (AvgIpc) is 2.53. The van der Waals surface area contributed by atoms with Gasteiger partial charge in [-0.25, -0.2) is 0 Å². The molecule has 0 saturated heterocycles. The summed E-state index contributed by atoms with van der Waals surface area (Å²) in [5, 5.41) is 0. The van der Waals surface area contributed by atoms with Crippen LogP contribution in [0.2, 0.25) is 0 Å². The van der Waals surface area contributed by atoms with Gasteiger partial charge >= 0.3 is 0 Å². The maximum Gasteiger partial charge on any atom is -0.0179 e. The van der Waals surface area contributed by atoms with Crippen LogP contribution in [0.4, 0.5) is 0 Å². The molecule has 0 heteroatoms. The Balaban J connectivity index is 1.41. The first-order valence-corrected chi connectivity index (χ1v) is 11.6. The lowest BCUT2D eigenvalue weighted by Crippen LogP contribution is -2.49. The molecule has 0 aromatic rings. The monoisotopic (exact) mass is 329 g/mol. The van der Waals surface area contributed by atoms with Gasteiger partial charge in [-0.3, -0.25) is 0 Å². The van der Waals surface area contributed by atoms with Crippen molar-refractivity contribution in [2.45, 2.75) is 116 Å². The Kier molecular flexibility index (Phi) is 5.59. The van der Waals surface area contributed by atoms with Crippen LogP contribution in [-0.2, 0) is 0 Å². The van der Waals surface area contributed by atoms with Crippen LogP contribution in [0.5, 0.6) is 0 Å². The fourth-order valence-electron chi connectivity index (χ4n) is 7.62. The zero-order valence-electron chi connectivity index (χ0n) is 16.3. The van der Waals surface area contributed by atoms with Gasteiger partial charge in [0.2, 0.25) is 0 Å². The largest absolute Gasteiger partial charge is 0.0583 e. The van der Waals surface area contributed by atoms with E-state index in [-0.39, 0.29) is 0 Å². The van der Waals surface area contributed by atoms with E-state index in [1.807, 2.05) is 5.92 Å². The molecule has 1 radical (unpaired) electrons. The van der Waals surface area contributed by atoms with E-state index in [4.69, 9.17) is 0 Å². The second kappa shape index (κ2) is 7.71. The van der Waals surface area contributed by atoms with Gasteiger partial charge in [0, 0.05) is 0 Å². The summed E-state index contributed by atoms with van der Waals surface area (Å²) in [6.07, 6.45) is 26.1. The first-order valence-electron chi connectivity index (χ1n) is 11.6. The molecule has 137 valence electrons. The van der Waals surface area contributed by atoms with E-state index in [0.717, 1.165) is 23.7 Å². The van der Waals surface area contributed by atoms with Gasteiger partial charge in [0.05, 0.1) is 0 Å². The number of hydrogen-bond donors (Lipinski definition) is 0. The van der Waals surface area contributed by atoms with E-state index in [9.17, 15) is 0 Å². The SMILES string of the molecule is C[C](C1CCCCCCCCCCC1)C12CC3CC(CC(C3)C1)C2. The molecule has 0 atom stereocenters. The summed E-state index contributed by atoms with van der Waals surface area (Å²) in [6, 6.07) is 0. The minimum atomic E-state index is 0.705. The third-order valence-electron chi connectivity index (χ3n) is 8.59.